The number of aromatic nitrogens is 1. The Balaban J connectivity index is 1.55. The first kappa shape index (κ1) is 50.8. The van der Waals surface area contributed by atoms with Gasteiger partial charge in [0.1, 0.15) is 18.2 Å². The van der Waals surface area contributed by atoms with Crippen LogP contribution >= 0.6 is 0 Å². The number of benzene rings is 1. The maximum atomic E-state index is 14.9. The fraction of sp³-hybridized carbons (Fsp3) is 0.771. The number of nitrogens with zero attached hydrogens (tertiary/aromatic N) is 2. The number of carbonyl (C=O) groups excluding carboxylic acids is 3. The number of ether oxygens (including phenoxy) is 5. The highest BCUT2D eigenvalue weighted by Gasteiger charge is 2.51. The Labute approximate surface area is 375 Å². The van der Waals surface area contributed by atoms with Crippen LogP contribution < -0.4 is 10.6 Å². The number of aliphatic hydroxyl groups is 2. The van der Waals surface area contributed by atoms with Crippen LogP contribution in [0, 0.1) is 23.7 Å². The van der Waals surface area contributed by atoms with Crippen molar-refractivity contribution in [1.82, 2.24) is 25.4 Å². The van der Waals surface area contributed by atoms with Crippen molar-refractivity contribution in [3.8, 4) is 0 Å². The highest BCUT2D eigenvalue weighted by molar-refractivity contribution is 5.90. The number of aliphatic hydroxyl groups excluding tert-OH is 1. The van der Waals surface area contributed by atoms with E-state index in [1.165, 1.54) is 0 Å². The van der Waals surface area contributed by atoms with Gasteiger partial charge in [-0.25, -0.2) is 0 Å². The molecular weight excluding hydrogens is 807 g/mol. The van der Waals surface area contributed by atoms with E-state index in [2.05, 4.69) is 20.5 Å². The van der Waals surface area contributed by atoms with Crippen molar-refractivity contribution in [1.29, 1.82) is 0 Å². The molecule has 3 amide bonds. The van der Waals surface area contributed by atoms with Gasteiger partial charge in [0.15, 0.2) is 6.29 Å². The lowest BCUT2D eigenvalue weighted by Gasteiger charge is -2.49. The summed E-state index contributed by atoms with van der Waals surface area (Å²) in [6.07, 6.45) is 0.605. The van der Waals surface area contributed by atoms with Gasteiger partial charge in [-0.15, -0.1) is 0 Å². The van der Waals surface area contributed by atoms with Crippen LogP contribution in [-0.4, -0.2) is 157 Å². The lowest BCUT2D eigenvalue weighted by molar-refractivity contribution is -0.305. The first-order chi connectivity index (χ1) is 29.7. The monoisotopic (exact) mass is 886 g/mol. The molecule has 3 saturated heterocycles. The first-order valence-electron chi connectivity index (χ1n) is 23.3. The van der Waals surface area contributed by atoms with Crippen LogP contribution in [0.15, 0.2) is 30.5 Å². The number of rotatable bonds is 14. The van der Waals surface area contributed by atoms with E-state index in [4.69, 9.17) is 23.7 Å². The molecule has 0 saturated carbocycles. The summed E-state index contributed by atoms with van der Waals surface area (Å²) in [5, 5.41) is 31.1. The topological polar surface area (TPSA) is 184 Å². The summed E-state index contributed by atoms with van der Waals surface area (Å²) >= 11 is 0. The lowest BCUT2D eigenvalue weighted by atomic mass is 9.70. The molecular formula is C48H79N5O10. The molecule has 2 aromatic rings. The number of hydrogen-bond acceptors (Lipinski definition) is 11. The maximum Gasteiger partial charge on any atom is 0.245 e. The molecule has 0 spiro atoms. The number of para-hydroxylation sites is 1. The standard InChI is InChI=1S/C48H79N5O10/c1-13-40(54)49-19-16-20-60-41-39(52(9)10)21-29(3)61-46(41)63-43-30(4)36(23-34-25-48(8,59-12)42(55)32(6)62-34)31(5)44(56)51-38(22-33-26-50-37-18-15-14-17-35(33)37)45(57)53(11)27-28(2)24-47(43,7)58/h14-15,17-18,26,28-32,34,36,38-39,41-43,46,50,55,58H,13,16,19-25,27H2,1-12H3,(H,49,54)(H,51,56)/t28-,29-,30+,31-,32+,34+,36+,38+,39+,41-,42+,43-,46+,47-,48-/m1/s1. The number of aromatic amines is 1. The van der Waals surface area contributed by atoms with Crippen molar-refractivity contribution in [2.75, 3.05) is 47.9 Å². The van der Waals surface area contributed by atoms with Crippen molar-refractivity contribution >= 4 is 28.6 Å². The highest BCUT2D eigenvalue weighted by atomic mass is 16.7. The molecule has 0 aliphatic carbocycles. The normalized spacial score (nSPS) is 37.6. The number of amides is 3. The number of likely N-dealkylation sites (N-methyl/N-ethyl adjacent to an activating group) is 2. The van der Waals surface area contributed by atoms with Gasteiger partial charge in [-0.3, -0.25) is 14.4 Å². The summed E-state index contributed by atoms with van der Waals surface area (Å²) in [7, 11) is 7.35. The summed E-state index contributed by atoms with van der Waals surface area (Å²) in [5.74, 6) is -2.33. The summed E-state index contributed by atoms with van der Waals surface area (Å²) in [6.45, 7) is 16.4. The van der Waals surface area contributed by atoms with Gasteiger partial charge in [-0.05, 0) is 96.9 Å². The average Bonchev–Trinajstić information content (AvgIpc) is 3.64. The molecule has 5 rings (SSSR count). The molecule has 3 fully saturated rings. The third-order valence-corrected chi connectivity index (χ3v) is 14.2. The minimum absolute atomic E-state index is 0.0187. The Bertz CT molecular complexity index is 1810. The molecule has 0 bridgehead atoms. The number of H-pyrrole nitrogens is 1. The number of nitrogens with one attached hydrogen (secondary N) is 3. The SMILES string of the molecule is CCC(=O)NCCCO[C@H]1[C@H](O[C@@H]2[C@@H](C)[C@H](C[C@H]3C[C@@](C)(OC)[C@@H](O)[C@H](C)O3)[C@@H](C)C(=O)N[C@@H](Cc3c[nH]c4ccccc34)C(=O)N(C)C[C@H](C)C[C@@]2(C)O)O[C@H](C)C[C@@H]1N(C)C. The fourth-order valence-corrected chi connectivity index (χ4v) is 10.6. The Hall–Kier alpha value is -3.15. The molecule has 4 heterocycles. The highest BCUT2D eigenvalue weighted by Crippen LogP contribution is 2.42. The third-order valence-electron chi connectivity index (χ3n) is 14.2. The molecule has 15 atom stereocenters. The maximum absolute atomic E-state index is 14.9. The van der Waals surface area contributed by atoms with Crippen molar-refractivity contribution in [2.24, 2.45) is 23.7 Å². The summed E-state index contributed by atoms with van der Waals surface area (Å²) in [5.41, 5.74) is -0.495. The molecule has 1 aromatic heterocycles. The van der Waals surface area contributed by atoms with E-state index in [-0.39, 0.29) is 48.6 Å². The number of carbonyl (C=O) groups is 3. The van der Waals surface area contributed by atoms with E-state index < -0.39 is 71.8 Å². The fourth-order valence-electron chi connectivity index (χ4n) is 10.6. The van der Waals surface area contributed by atoms with Gasteiger partial charge < -0.3 is 59.3 Å². The molecule has 3 aliphatic rings. The van der Waals surface area contributed by atoms with Crippen molar-refractivity contribution in [3.05, 3.63) is 36.0 Å². The van der Waals surface area contributed by atoms with E-state index >= 15 is 0 Å². The van der Waals surface area contributed by atoms with E-state index in [1.54, 1.807) is 26.0 Å². The molecule has 15 nitrogen and oxygen atoms in total. The van der Waals surface area contributed by atoms with Crippen LogP contribution in [0.1, 0.15) is 99.5 Å². The molecule has 63 heavy (non-hydrogen) atoms. The summed E-state index contributed by atoms with van der Waals surface area (Å²) < 4.78 is 32.8. The van der Waals surface area contributed by atoms with Crippen molar-refractivity contribution < 1.29 is 48.3 Å². The van der Waals surface area contributed by atoms with Crippen LogP contribution in [0.25, 0.3) is 10.9 Å². The summed E-state index contributed by atoms with van der Waals surface area (Å²) in [6, 6.07) is 6.98. The van der Waals surface area contributed by atoms with Crippen LogP contribution in [0.4, 0.5) is 0 Å². The minimum Gasteiger partial charge on any atom is -0.387 e. The zero-order chi connectivity index (χ0) is 46.4. The van der Waals surface area contributed by atoms with Gasteiger partial charge >= 0.3 is 0 Å². The quantitative estimate of drug-likeness (QED) is 0.169. The molecule has 15 heteroatoms. The van der Waals surface area contributed by atoms with Crippen LogP contribution in [0.2, 0.25) is 0 Å². The van der Waals surface area contributed by atoms with E-state index in [9.17, 15) is 24.6 Å². The van der Waals surface area contributed by atoms with Gasteiger partial charge in [-0.1, -0.05) is 45.9 Å². The first-order valence-corrected chi connectivity index (χ1v) is 23.3. The average molecular weight is 886 g/mol. The number of methoxy groups -OCH3 is 1. The van der Waals surface area contributed by atoms with Crippen LogP contribution in [0.3, 0.4) is 0 Å². The largest absolute Gasteiger partial charge is 0.387 e. The van der Waals surface area contributed by atoms with Crippen LogP contribution in [0.5, 0.6) is 0 Å². The Kier molecular flexibility index (Phi) is 17.7. The van der Waals surface area contributed by atoms with Gasteiger partial charge in [0.05, 0.1) is 35.6 Å². The van der Waals surface area contributed by atoms with Gasteiger partial charge in [-0.2, -0.15) is 0 Å². The second kappa shape index (κ2) is 21.9. The minimum atomic E-state index is -1.47. The zero-order valence-electron chi connectivity index (χ0n) is 40.0. The molecule has 1 aromatic carbocycles. The predicted molar refractivity (Wildman–Crippen MR) is 242 cm³/mol. The predicted octanol–water partition coefficient (Wildman–Crippen LogP) is 4.42. The Morgan fingerprint density at radius 3 is 2.48 bits per heavy atom. The molecule has 0 radical (unpaired) electrons. The van der Waals surface area contributed by atoms with Crippen LogP contribution in [-0.2, 0) is 44.5 Å². The van der Waals surface area contributed by atoms with Crippen molar-refractivity contribution in [3.63, 3.8) is 0 Å². The zero-order valence-corrected chi connectivity index (χ0v) is 40.0. The van der Waals surface area contributed by atoms with Gasteiger partial charge in [0, 0.05) is 82.2 Å². The molecule has 356 valence electrons. The van der Waals surface area contributed by atoms with E-state index in [0.717, 1.165) is 16.5 Å². The van der Waals surface area contributed by atoms with E-state index in [0.29, 0.717) is 51.8 Å². The molecule has 0 unspecified atom stereocenters. The number of fused-ring (bicyclic) bond motifs is 1. The van der Waals surface area contributed by atoms with E-state index in [1.807, 2.05) is 93.0 Å². The number of hydrogen-bond donors (Lipinski definition) is 5. The lowest BCUT2D eigenvalue weighted by Crippen LogP contribution is -2.60. The Morgan fingerprint density at radius 2 is 1.79 bits per heavy atom. The third kappa shape index (κ3) is 12.4. The van der Waals surface area contributed by atoms with Gasteiger partial charge in [0.2, 0.25) is 17.7 Å². The molecule has 3 aliphatic heterocycles. The second-order valence-electron chi connectivity index (χ2n) is 19.7. The smallest absolute Gasteiger partial charge is 0.245 e. The summed E-state index contributed by atoms with van der Waals surface area (Å²) in [4.78, 5) is 48.3. The Morgan fingerprint density at radius 1 is 1.08 bits per heavy atom. The molecule has 5 N–H and O–H groups in total. The van der Waals surface area contributed by atoms with Gasteiger partial charge in [0.25, 0.3) is 0 Å². The van der Waals surface area contributed by atoms with Crippen molar-refractivity contribution in [2.45, 2.75) is 167 Å². The second-order valence-corrected chi connectivity index (χ2v) is 19.7.